The van der Waals surface area contributed by atoms with Gasteiger partial charge in [0.1, 0.15) is 0 Å². The Bertz CT molecular complexity index is 385. The number of nitro benzene ring substituents is 2. The molecule has 86 valence electrons. The van der Waals surface area contributed by atoms with Crippen LogP contribution in [0, 0.1) is 20.2 Å². The van der Waals surface area contributed by atoms with Crippen molar-refractivity contribution in [2.75, 3.05) is 0 Å². The van der Waals surface area contributed by atoms with Gasteiger partial charge >= 0.3 is 0 Å². The first-order valence-electron chi connectivity index (χ1n) is 3.99. The summed E-state index contributed by atoms with van der Waals surface area (Å²) in [4.78, 5) is 28.2. The smallest absolute Gasteiger partial charge is 0.276 e. The topological polar surface area (TPSA) is 129 Å². The second-order valence-electron chi connectivity index (χ2n) is 2.64. The van der Waals surface area contributed by atoms with Gasteiger partial charge in [-0.15, -0.1) is 0 Å². The number of benzene rings is 1. The summed E-state index contributed by atoms with van der Waals surface area (Å²) >= 11 is 0. The molecule has 1 aromatic rings. The van der Waals surface area contributed by atoms with Crippen molar-refractivity contribution in [1.29, 1.82) is 0 Å². The maximum atomic E-state index is 10.2. The van der Waals surface area contributed by atoms with Crippen molar-refractivity contribution < 1.29 is 14.6 Å². The van der Waals surface area contributed by atoms with Crippen LogP contribution in [0.1, 0.15) is 6.92 Å². The number of hydrogen-bond acceptors (Lipinski definition) is 5. The molecule has 16 heavy (non-hydrogen) atoms. The predicted octanol–water partition coefficient (Wildman–Crippen LogP) is 0.995. The second-order valence-corrected chi connectivity index (χ2v) is 2.64. The summed E-state index contributed by atoms with van der Waals surface area (Å²) < 4.78 is 0. The number of primary amides is 1. The number of amides is 1. The van der Waals surface area contributed by atoms with E-state index in [1.165, 1.54) is 25.1 Å². The van der Waals surface area contributed by atoms with Crippen molar-refractivity contribution in [2.24, 2.45) is 5.73 Å². The lowest BCUT2D eigenvalue weighted by atomic mass is 10.3. The molecule has 0 saturated carbocycles. The van der Waals surface area contributed by atoms with Gasteiger partial charge in [0.05, 0.1) is 15.9 Å². The van der Waals surface area contributed by atoms with Gasteiger partial charge in [0.25, 0.3) is 11.4 Å². The highest BCUT2D eigenvalue weighted by atomic mass is 16.6. The zero-order valence-corrected chi connectivity index (χ0v) is 8.32. The number of carbonyl (C=O) groups is 1. The molecule has 0 aliphatic carbocycles. The van der Waals surface area contributed by atoms with E-state index in [2.05, 4.69) is 5.73 Å². The molecule has 0 unspecified atom stereocenters. The van der Waals surface area contributed by atoms with Crippen molar-refractivity contribution in [2.45, 2.75) is 6.92 Å². The Labute approximate surface area is 90.0 Å². The molecule has 1 rings (SSSR count). The fraction of sp³-hybridized carbons (Fsp3) is 0.125. The molecule has 2 N–H and O–H groups in total. The third kappa shape index (κ3) is 5.27. The van der Waals surface area contributed by atoms with Crippen LogP contribution in [-0.2, 0) is 4.79 Å². The number of carbonyl (C=O) groups excluding carboxylic acids is 1. The summed E-state index contributed by atoms with van der Waals surface area (Å²) in [5.41, 5.74) is 3.92. The van der Waals surface area contributed by atoms with Gasteiger partial charge in [-0.2, -0.15) is 0 Å². The number of non-ortho nitro benzene ring substituents is 2. The minimum absolute atomic E-state index is 0.274. The number of rotatable bonds is 2. The van der Waals surface area contributed by atoms with Gasteiger partial charge in [-0.1, -0.05) is 0 Å². The van der Waals surface area contributed by atoms with Crippen molar-refractivity contribution in [1.82, 2.24) is 0 Å². The molecule has 0 radical (unpaired) electrons. The molecule has 1 amide bonds. The van der Waals surface area contributed by atoms with E-state index in [-0.39, 0.29) is 17.3 Å². The van der Waals surface area contributed by atoms with Crippen molar-refractivity contribution in [3.05, 3.63) is 44.5 Å². The van der Waals surface area contributed by atoms with Gasteiger partial charge in [0, 0.05) is 19.1 Å². The Morgan fingerprint density at radius 1 is 1.19 bits per heavy atom. The fourth-order valence-electron chi connectivity index (χ4n) is 0.720. The third-order valence-electron chi connectivity index (χ3n) is 1.25. The molecule has 8 heteroatoms. The average Bonchev–Trinajstić information content (AvgIpc) is 2.17. The Hall–Kier alpha value is -2.51. The average molecular weight is 227 g/mol. The summed E-state index contributed by atoms with van der Waals surface area (Å²) in [5.74, 6) is -0.333. The van der Waals surface area contributed by atoms with E-state index in [0.29, 0.717) is 0 Å². The van der Waals surface area contributed by atoms with Crippen LogP contribution >= 0.6 is 0 Å². The Morgan fingerprint density at radius 2 is 1.50 bits per heavy atom. The molecule has 0 bridgehead atoms. The first-order chi connectivity index (χ1) is 7.34. The Morgan fingerprint density at radius 3 is 1.75 bits per heavy atom. The summed E-state index contributed by atoms with van der Waals surface area (Å²) in [6.45, 7) is 1.31. The monoisotopic (exact) mass is 227 g/mol. The summed E-state index contributed by atoms with van der Waals surface area (Å²) in [7, 11) is 0. The zero-order chi connectivity index (χ0) is 12.7. The largest absolute Gasteiger partial charge is 0.370 e. The minimum Gasteiger partial charge on any atom is -0.370 e. The number of nitrogens with two attached hydrogens (primary N) is 1. The normalized spacial score (nSPS) is 8.56. The zero-order valence-electron chi connectivity index (χ0n) is 8.32. The molecule has 0 spiro atoms. The maximum Gasteiger partial charge on any atom is 0.276 e. The highest BCUT2D eigenvalue weighted by molar-refractivity contribution is 5.70. The van der Waals surface area contributed by atoms with E-state index in [4.69, 9.17) is 0 Å². The van der Waals surface area contributed by atoms with E-state index >= 15 is 0 Å². The second kappa shape index (κ2) is 6.06. The Balaban J connectivity index is 0.000000487. The van der Waals surface area contributed by atoms with Crippen LogP contribution < -0.4 is 5.73 Å². The van der Waals surface area contributed by atoms with Gasteiger partial charge in [0.15, 0.2) is 0 Å². The first-order valence-corrected chi connectivity index (χ1v) is 3.99. The van der Waals surface area contributed by atoms with Gasteiger partial charge in [-0.25, -0.2) is 0 Å². The lowest BCUT2D eigenvalue weighted by Crippen LogP contribution is -2.01. The van der Waals surface area contributed by atoms with Crippen LogP contribution in [0.15, 0.2) is 24.3 Å². The lowest BCUT2D eigenvalue weighted by Gasteiger charge is -1.90. The quantitative estimate of drug-likeness (QED) is 0.594. The van der Waals surface area contributed by atoms with Crippen molar-refractivity contribution in [3.8, 4) is 0 Å². The van der Waals surface area contributed by atoms with Crippen molar-refractivity contribution in [3.63, 3.8) is 0 Å². The van der Waals surface area contributed by atoms with Crippen LogP contribution in [-0.4, -0.2) is 15.8 Å². The number of nitrogens with zero attached hydrogens (tertiary/aromatic N) is 2. The summed E-state index contributed by atoms with van der Waals surface area (Å²) in [6, 6.07) is 4.59. The van der Waals surface area contributed by atoms with Gasteiger partial charge in [-0.3, -0.25) is 25.0 Å². The highest BCUT2D eigenvalue weighted by Crippen LogP contribution is 2.18. The van der Waals surface area contributed by atoms with E-state index in [0.717, 1.165) is 6.07 Å². The van der Waals surface area contributed by atoms with E-state index < -0.39 is 9.85 Å². The highest BCUT2D eigenvalue weighted by Gasteiger charge is 2.11. The molecule has 0 saturated heterocycles. The van der Waals surface area contributed by atoms with Gasteiger partial charge in [-0.05, 0) is 6.07 Å². The van der Waals surface area contributed by atoms with Gasteiger partial charge < -0.3 is 5.73 Å². The van der Waals surface area contributed by atoms with Crippen LogP contribution in [0.5, 0.6) is 0 Å². The number of hydrogen-bond donors (Lipinski definition) is 1. The molecule has 8 nitrogen and oxygen atoms in total. The molecule has 0 aromatic heterocycles. The van der Waals surface area contributed by atoms with E-state index in [1.807, 2.05) is 0 Å². The van der Waals surface area contributed by atoms with Crippen LogP contribution in [0.3, 0.4) is 0 Å². The lowest BCUT2D eigenvalue weighted by molar-refractivity contribution is -0.394. The molecule has 0 atom stereocenters. The fourth-order valence-corrected chi connectivity index (χ4v) is 0.720. The van der Waals surface area contributed by atoms with Crippen LogP contribution in [0.2, 0.25) is 0 Å². The minimum atomic E-state index is -0.674. The maximum absolute atomic E-state index is 10.2. The predicted molar refractivity (Wildman–Crippen MR) is 54.6 cm³/mol. The number of nitro groups is 2. The van der Waals surface area contributed by atoms with Crippen LogP contribution in [0.25, 0.3) is 0 Å². The molecule has 0 aliphatic rings. The molecule has 0 aliphatic heterocycles. The molecular weight excluding hydrogens is 218 g/mol. The van der Waals surface area contributed by atoms with E-state index in [1.54, 1.807) is 0 Å². The molecule has 0 fully saturated rings. The summed E-state index contributed by atoms with van der Waals surface area (Å²) in [5, 5.41) is 20.3. The third-order valence-corrected chi connectivity index (χ3v) is 1.25. The molecule has 1 aromatic carbocycles. The SMILES string of the molecule is CC(N)=O.O=[N+]([O-])c1cccc([N+](=O)[O-])c1. The van der Waals surface area contributed by atoms with E-state index in [9.17, 15) is 25.0 Å². The Kier molecular flexibility index (Phi) is 5.11. The summed E-state index contributed by atoms with van der Waals surface area (Å²) in [6.07, 6.45) is 0. The van der Waals surface area contributed by atoms with Crippen LogP contribution in [0.4, 0.5) is 11.4 Å². The standard InChI is InChI=1S/C6H4N2O4.C2H5NO/c9-7(10)5-2-1-3-6(4-5)8(11)12;1-2(3)4/h1-4H;1H3,(H2,3,4). The van der Waals surface area contributed by atoms with Crippen molar-refractivity contribution >= 4 is 17.3 Å². The molecular formula is C8H9N3O5. The molecule has 0 heterocycles. The first kappa shape index (κ1) is 13.5. The van der Waals surface area contributed by atoms with Gasteiger partial charge in [0.2, 0.25) is 5.91 Å².